The number of thiophene rings is 1. The lowest BCUT2D eigenvalue weighted by atomic mass is 10.1. The van der Waals surface area contributed by atoms with Gasteiger partial charge in [0.25, 0.3) is 0 Å². The van der Waals surface area contributed by atoms with Crippen LogP contribution >= 0.6 is 22.9 Å². The molecular formula is C15H14ClNO2S2. The van der Waals surface area contributed by atoms with Crippen molar-refractivity contribution in [3.8, 4) is 17.2 Å². The van der Waals surface area contributed by atoms with Crippen molar-refractivity contribution in [2.75, 3.05) is 5.75 Å². The lowest BCUT2D eigenvalue weighted by molar-refractivity contribution is 0.584. The third-order valence-electron chi connectivity index (χ3n) is 2.86. The molecule has 0 fully saturated rings. The van der Waals surface area contributed by atoms with Crippen LogP contribution in [0.1, 0.15) is 19.4 Å². The SMILES string of the molecule is CC(C)CS(=O)(=O)c1scc(-c2ccc(Cl)cc2)c1C#N. The van der Waals surface area contributed by atoms with Gasteiger partial charge >= 0.3 is 0 Å². The first-order chi connectivity index (χ1) is 9.85. The van der Waals surface area contributed by atoms with Gasteiger partial charge in [0.05, 0.1) is 11.3 Å². The standard InChI is InChI=1S/C15H14ClNO2S2/c1-10(2)9-21(18,19)15-13(7-17)14(8-20-15)11-3-5-12(16)6-4-11/h3-6,8,10H,9H2,1-2H3. The number of hydrogen-bond donors (Lipinski definition) is 0. The van der Waals surface area contributed by atoms with Crippen LogP contribution in [-0.4, -0.2) is 14.2 Å². The summed E-state index contributed by atoms with van der Waals surface area (Å²) in [5.41, 5.74) is 1.66. The largest absolute Gasteiger partial charge is 0.223 e. The summed E-state index contributed by atoms with van der Waals surface area (Å²) in [6.07, 6.45) is 0. The fraction of sp³-hybridized carbons (Fsp3) is 0.267. The van der Waals surface area contributed by atoms with Gasteiger partial charge in [0, 0.05) is 16.0 Å². The summed E-state index contributed by atoms with van der Waals surface area (Å²) in [6, 6.07) is 9.04. The van der Waals surface area contributed by atoms with E-state index in [-0.39, 0.29) is 21.4 Å². The molecule has 110 valence electrons. The highest BCUT2D eigenvalue weighted by atomic mass is 35.5. The molecule has 0 aliphatic rings. The maximum atomic E-state index is 12.4. The summed E-state index contributed by atoms with van der Waals surface area (Å²) in [6.45, 7) is 3.69. The molecule has 0 N–H and O–H groups in total. The van der Waals surface area contributed by atoms with Crippen molar-refractivity contribution in [2.45, 2.75) is 18.1 Å². The molecule has 0 saturated carbocycles. The van der Waals surface area contributed by atoms with Gasteiger partial charge in [-0.05, 0) is 23.6 Å². The molecule has 1 aromatic heterocycles. The number of sulfone groups is 1. The van der Waals surface area contributed by atoms with E-state index >= 15 is 0 Å². The third-order valence-corrected chi connectivity index (χ3v) is 6.81. The number of halogens is 1. The highest BCUT2D eigenvalue weighted by Crippen LogP contribution is 2.35. The average Bonchev–Trinajstić information content (AvgIpc) is 2.82. The van der Waals surface area contributed by atoms with Gasteiger partial charge in [-0.1, -0.05) is 37.6 Å². The number of benzene rings is 1. The zero-order chi connectivity index (χ0) is 15.6. The van der Waals surface area contributed by atoms with Gasteiger partial charge < -0.3 is 0 Å². The molecule has 0 unspecified atom stereocenters. The normalized spacial score (nSPS) is 11.6. The summed E-state index contributed by atoms with van der Waals surface area (Å²) in [4.78, 5) is 0. The topological polar surface area (TPSA) is 57.9 Å². The Hall–Kier alpha value is -1.35. The predicted molar refractivity (Wildman–Crippen MR) is 86.4 cm³/mol. The zero-order valence-corrected chi connectivity index (χ0v) is 14.0. The molecule has 0 saturated heterocycles. The van der Waals surface area contributed by atoms with Gasteiger partial charge in [-0.15, -0.1) is 11.3 Å². The first-order valence-corrected chi connectivity index (χ1v) is 9.26. The zero-order valence-electron chi connectivity index (χ0n) is 11.6. The van der Waals surface area contributed by atoms with E-state index < -0.39 is 9.84 Å². The van der Waals surface area contributed by atoms with Crippen LogP contribution in [0.2, 0.25) is 5.02 Å². The molecule has 0 aliphatic heterocycles. The van der Waals surface area contributed by atoms with Crippen molar-refractivity contribution >= 4 is 32.8 Å². The Labute approximate surface area is 133 Å². The minimum atomic E-state index is -3.43. The minimum Gasteiger partial charge on any atom is -0.223 e. The highest BCUT2D eigenvalue weighted by Gasteiger charge is 2.25. The Morgan fingerprint density at radius 2 is 1.90 bits per heavy atom. The van der Waals surface area contributed by atoms with E-state index in [1.165, 1.54) is 0 Å². The number of rotatable bonds is 4. The highest BCUT2D eigenvalue weighted by molar-refractivity contribution is 7.93. The Balaban J connectivity index is 2.54. The fourth-order valence-electron chi connectivity index (χ4n) is 2.03. The Kier molecular flexibility index (Phi) is 4.72. The van der Waals surface area contributed by atoms with E-state index in [0.717, 1.165) is 16.9 Å². The first kappa shape index (κ1) is 16.0. The predicted octanol–water partition coefficient (Wildman–Crippen LogP) is 4.37. The average molecular weight is 340 g/mol. The number of nitrogens with zero attached hydrogens (tertiary/aromatic N) is 1. The van der Waals surface area contributed by atoms with Crippen molar-refractivity contribution < 1.29 is 8.42 Å². The van der Waals surface area contributed by atoms with Gasteiger partial charge in [0.15, 0.2) is 9.84 Å². The van der Waals surface area contributed by atoms with Gasteiger partial charge in [0.1, 0.15) is 10.3 Å². The summed E-state index contributed by atoms with van der Waals surface area (Å²) in [7, 11) is -3.43. The van der Waals surface area contributed by atoms with E-state index in [9.17, 15) is 13.7 Å². The lowest BCUT2D eigenvalue weighted by Crippen LogP contribution is -2.11. The molecule has 0 bridgehead atoms. The molecule has 6 heteroatoms. The van der Waals surface area contributed by atoms with Crippen LogP contribution in [0, 0.1) is 17.2 Å². The summed E-state index contributed by atoms with van der Waals surface area (Å²) in [5, 5.41) is 11.7. The molecule has 0 radical (unpaired) electrons. The van der Waals surface area contributed by atoms with Crippen molar-refractivity contribution in [2.24, 2.45) is 5.92 Å². The molecular weight excluding hydrogens is 326 g/mol. The Morgan fingerprint density at radius 1 is 1.29 bits per heavy atom. The first-order valence-electron chi connectivity index (χ1n) is 6.35. The monoisotopic (exact) mass is 339 g/mol. The van der Waals surface area contributed by atoms with E-state index in [2.05, 4.69) is 0 Å². The van der Waals surface area contributed by atoms with Crippen LogP contribution in [0.4, 0.5) is 0 Å². The minimum absolute atomic E-state index is 0.0163. The van der Waals surface area contributed by atoms with Crippen LogP contribution in [0.3, 0.4) is 0 Å². The van der Waals surface area contributed by atoms with Crippen LogP contribution in [0.15, 0.2) is 33.9 Å². The van der Waals surface area contributed by atoms with Crippen LogP contribution in [0.5, 0.6) is 0 Å². The molecule has 0 aliphatic carbocycles. The molecule has 1 heterocycles. The van der Waals surface area contributed by atoms with Crippen molar-refractivity contribution in [1.29, 1.82) is 5.26 Å². The van der Waals surface area contributed by atoms with E-state index in [0.29, 0.717) is 10.6 Å². The molecule has 1 aromatic carbocycles. The molecule has 2 rings (SSSR count). The second-order valence-corrected chi connectivity index (χ2v) is 8.65. The molecule has 2 aromatic rings. The Bertz CT molecular complexity index is 784. The number of nitriles is 1. The molecule has 0 atom stereocenters. The summed E-state index contributed by atoms with van der Waals surface area (Å²) in [5.74, 6) is 0.0602. The Morgan fingerprint density at radius 3 is 2.43 bits per heavy atom. The summed E-state index contributed by atoms with van der Waals surface area (Å²) >= 11 is 6.95. The van der Waals surface area contributed by atoms with Crippen molar-refractivity contribution in [1.82, 2.24) is 0 Å². The molecule has 0 amide bonds. The quantitative estimate of drug-likeness (QED) is 0.831. The van der Waals surface area contributed by atoms with E-state index in [4.69, 9.17) is 11.6 Å². The van der Waals surface area contributed by atoms with Gasteiger partial charge in [-0.3, -0.25) is 0 Å². The van der Waals surface area contributed by atoms with E-state index in [1.807, 2.05) is 19.9 Å². The third kappa shape index (κ3) is 3.46. The smallest absolute Gasteiger partial charge is 0.189 e. The number of hydrogen-bond acceptors (Lipinski definition) is 4. The van der Waals surface area contributed by atoms with Crippen LogP contribution < -0.4 is 0 Å². The lowest BCUT2D eigenvalue weighted by Gasteiger charge is -2.06. The maximum absolute atomic E-state index is 12.4. The summed E-state index contributed by atoms with van der Waals surface area (Å²) < 4.78 is 24.9. The molecule has 21 heavy (non-hydrogen) atoms. The second-order valence-electron chi connectivity index (χ2n) is 5.11. The van der Waals surface area contributed by atoms with Crippen molar-refractivity contribution in [3.05, 3.63) is 40.2 Å². The van der Waals surface area contributed by atoms with Crippen molar-refractivity contribution in [3.63, 3.8) is 0 Å². The van der Waals surface area contributed by atoms with Crippen LogP contribution in [-0.2, 0) is 9.84 Å². The second kappa shape index (κ2) is 6.18. The fourth-order valence-corrected chi connectivity index (χ4v) is 5.34. The van der Waals surface area contributed by atoms with E-state index in [1.54, 1.807) is 29.6 Å². The van der Waals surface area contributed by atoms with Gasteiger partial charge in [0.2, 0.25) is 0 Å². The van der Waals surface area contributed by atoms with Gasteiger partial charge in [-0.25, -0.2) is 8.42 Å². The molecule has 3 nitrogen and oxygen atoms in total. The molecule has 0 spiro atoms. The van der Waals surface area contributed by atoms with Crippen LogP contribution in [0.25, 0.3) is 11.1 Å². The maximum Gasteiger partial charge on any atom is 0.189 e. The van der Waals surface area contributed by atoms with Gasteiger partial charge in [-0.2, -0.15) is 5.26 Å².